The first-order valence-corrected chi connectivity index (χ1v) is 3.76. The molecule has 0 unspecified atom stereocenters. The lowest BCUT2D eigenvalue weighted by Crippen LogP contribution is -2.10. The van der Waals surface area contributed by atoms with Crippen molar-refractivity contribution in [2.24, 2.45) is 5.92 Å². The monoisotopic (exact) mass is 170 g/mol. The molecule has 68 valence electrons. The first kappa shape index (κ1) is 13.3. The highest BCUT2D eigenvalue weighted by molar-refractivity contribution is 5.71. The van der Waals surface area contributed by atoms with Crippen LogP contribution in [0.2, 0.25) is 0 Å². The van der Waals surface area contributed by atoms with Crippen LogP contribution in [0.25, 0.3) is 0 Å². The van der Waals surface area contributed by atoms with Gasteiger partial charge in [0.15, 0.2) is 6.29 Å². The van der Waals surface area contributed by atoms with E-state index in [4.69, 9.17) is 9.90 Å². The number of hydrogen-bond donors (Lipinski definition) is 1. The average molecular weight is 170 g/mol. The predicted octanol–water partition coefficient (Wildman–Crippen LogP) is 1.33. The Balaban J connectivity index is 0. The van der Waals surface area contributed by atoms with Crippen molar-refractivity contribution in [3.63, 3.8) is 0 Å². The minimum Gasteiger partial charge on any atom is -0.481 e. The molecular formula is C9H14O3. The summed E-state index contributed by atoms with van der Waals surface area (Å²) in [6, 6.07) is 0. The van der Waals surface area contributed by atoms with E-state index in [2.05, 4.69) is 6.42 Å². The second-order valence-electron chi connectivity index (χ2n) is 2.14. The summed E-state index contributed by atoms with van der Waals surface area (Å²) in [6.45, 7) is 3.78. The summed E-state index contributed by atoms with van der Waals surface area (Å²) in [5, 5.41) is 8.37. The molecule has 0 spiro atoms. The van der Waals surface area contributed by atoms with Gasteiger partial charge >= 0.3 is 5.97 Å². The van der Waals surface area contributed by atoms with Gasteiger partial charge in [-0.2, -0.15) is 0 Å². The molecule has 3 heteroatoms. The number of terminal acetylenes is 1. The molecule has 0 radical (unpaired) electrons. The molecule has 0 saturated heterocycles. The standard InChI is InChI=1S/C6H12O2.C3H2O/c1-3-5(4-2)6(7)8;1-2-3-4/h5H,3-4H2,1-2H3,(H,7,8);1,3H. The lowest BCUT2D eigenvalue weighted by Gasteiger charge is -2.02. The Morgan fingerprint density at radius 2 is 1.92 bits per heavy atom. The van der Waals surface area contributed by atoms with Crippen molar-refractivity contribution in [2.45, 2.75) is 26.7 Å². The molecule has 0 saturated carbocycles. The summed E-state index contributed by atoms with van der Waals surface area (Å²) in [4.78, 5) is 19.1. The maximum atomic E-state index is 10.2. The molecule has 0 bridgehead atoms. The van der Waals surface area contributed by atoms with Crippen LogP contribution in [0, 0.1) is 18.3 Å². The fourth-order valence-corrected chi connectivity index (χ4v) is 0.638. The van der Waals surface area contributed by atoms with Crippen molar-refractivity contribution in [1.82, 2.24) is 0 Å². The smallest absolute Gasteiger partial charge is 0.306 e. The van der Waals surface area contributed by atoms with E-state index in [1.165, 1.54) is 0 Å². The maximum Gasteiger partial charge on any atom is 0.306 e. The number of hydrogen-bond acceptors (Lipinski definition) is 2. The van der Waals surface area contributed by atoms with E-state index in [9.17, 15) is 4.79 Å². The number of carboxylic acids is 1. The molecule has 3 nitrogen and oxygen atoms in total. The van der Waals surface area contributed by atoms with Crippen LogP contribution < -0.4 is 0 Å². The van der Waals surface area contributed by atoms with Crippen LogP contribution in [0.1, 0.15) is 26.7 Å². The average Bonchev–Trinajstić information content (AvgIpc) is 2.07. The third-order valence-corrected chi connectivity index (χ3v) is 1.40. The SMILES string of the molecule is C#CC=O.CCC(CC)C(=O)O. The zero-order valence-corrected chi connectivity index (χ0v) is 7.41. The van der Waals surface area contributed by atoms with Gasteiger partial charge in [0.25, 0.3) is 0 Å². The zero-order valence-electron chi connectivity index (χ0n) is 7.41. The molecule has 0 aliphatic carbocycles. The van der Waals surface area contributed by atoms with Gasteiger partial charge in [-0.3, -0.25) is 9.59 Å². The molecule has 0 heterocycles. The van der Waals surface area contributed by atoms with Crippen LogP contribution in [0.5, 0.6) is 0 Å². The molecule has 0 aromatic carbocycles. The number of carbonyl (C=O) groups is 2. The first-order chi connectivity index (χ1) is 5.63. The van der Waals surface area contributed by atoms with Gasteiger partial charge in [0.1, 0.15) is 0 Å². The van der Waals surface area contributed by atoms with Crippen molar-refractivity contribution >= 4 is 12.3 Å². The third-order valence-electron chi connectivity index (χ3n) is 1.40. The van der Waals surface area contributed by atoms with E-state index in [-0.39, 0.29) is 5.92 Å². The van der Waals surface area contributed by atoms with Crippen LogP contribution >= 0.6 is 0 Å². The van der Waals surface area contributed by atoms with E-state index < -0.39 is 5.97 Å². The first-order valence-electron chi connectivity index (χ1n) is 3.76. The molecule has 0 aliphatic heterocycles. The molecule has 0 amide bonds. The highest BCUT2D eigenvalue weighted by atomic mass is 16.4. The van der Waals surface area contributed by atoms with Crippen molar-refractivity contribution in [1.29, 1.82) is 0 Å². The third kappa shape index (κ3) is 8.70. The molecule has 0 aromatic heterocycles. The summed E-state index contributed by atoms with van der Waals surface area (Å²) in [7, 11) is 0. The minimum absolute atomic E-state index is 0.130. The van der Waals surface area contributed by atoms with Crippen molar-refractivity contribution in [3.05, 3.63) is 0 Å². The number of carboxylic acid groups (broad SMARTS) is 1. The van der Waals surface area contributed by atoms with Crippen LogP contribution in [-0.4, -0.2) is 17.4 Å². The number of aldehydes is 1. The molecule has 12 heavy (non-hydrogen) atoms. The Hall–Kier alpha value is -1.30. The fourth-order valence-electron chi connectivity index (χ4n) is 0.638. The highest BCUT2D eigenvalue weighted by Gasteiger charge is 2.10. The fraction of sp³-hybridized carbons (Fsp3) is 0.556. The molecule has 1 N–H and O–H groups in total. The summed E-state index contributed by atoms with van der Waals surface area (Å²) in [5.74, 6) is 0.949. The topological polar surface area (TPSA) is 54.4 Å². The molecule has 0 aliphatic rings. The predicted molar refractivity (Wildman–Crippen MR) is 46.6 cm³/mol. The van der Waals surface area contributed by atoms with Crippen LogP contribution in [-0.2, 0) is 9.59 Å². The Kier molecular flexibility index (Phi) is 10.8. The number of rotatable bonds is 3. The summed E-state index contributed by atoms with van der Waals surface area (Å²) in [5.41, 5.74) is 0. The Morgan fingerprint density at radius 1 is 1.58 bits per heavy atom. The molecule has 0 fully saturated rings. The molecule has 0 atom stereocenters. The summed E-state index contributed by atoms with van der Waals surface area (Å²) in [6.07, 6.45) is 6.30. The van der Waals surface area contributed by atoms with Crippen LogP contribution in [0.3, 0.4) is 0 Å². The Labute approximate surface area is 72.8 Å². The lowest BCUT2D eigenvalue weighted by atomic mass is 10.1. The summed E-state index contributed by atoms with van der Waals surface area (Å²) < 4.78 is 0. The minimum atomic E-state index is -0.671. The normalized spacial score (nSPS) is 7.83. The van der Waals surface area contributed by atoms with Gasteiger partial charge in [-0.25, -0.2) is 0 Å². The molecular weight excluding hydrogens is 156 g/mol. The van der Waals surface area contributed by atoms with E-state index in [1.807, 2.05) is 13.8 Å². The van der Waals surface area contributed by atoms with Crippen molar-refractivity contribution < 1.29 is 14.7 Å². The van der Waals surface area contributed by atoms with Gasteiger partial charge in [0, 0.05) is 0 Å². The second-order valence-corrected chi connectivity index (χ2v) is 2.14. The van der Waals surface area contributed by atoms with Gasteiger partial charge in [0.05, 0.1) is 5.92 Å². The van der Waals surface area contributed by atoms with Crippen LogP contribution in [0.4, 0.5) is 0 Å². The van der Waals surface area contributed by atoms with Crippen molar-refractivity contribution in [3.8, 4) is 12.3 Å². The lowest BCUT2D eigenvalue weighted by molar-refractivity contribution is -0.141. The van der Waals surface area contributed by atoms with Gasteiger partial charge in [-0.15, -0.1) is 6.42 Å². The quantitative estimate of drug-likeness (QED) is 0.513. The Morgan fingerprint density at radius 3 is 1.92 bits per heavy atom. The maximum absolute atomic E-state index is 10.2. The number of aliphatic carboxylic acids is 1. The van der Waals surface area contributed by atoms with Crippen LogP contribution in [0.15, 0.2) is 0 Å². The molecule has 0 rings (SSSR count). The van der Waals surface area contributed by atoms with E-state index in [0.717, 1.165) is 12.8 Å². The van der Waals surface area contributed by atoms with Gasteiger partial charge in [0.2, 0.25) is 0 Å². The highest BCUT2D eigenvalue weighted by Crippen LogP contribution is 2.05. The molecule has 0 aromatic rings. The number of carbonyl (C=O) groups excluding carboxylic acids is 1. The second kappa shape index (κ2) is 9.70. The van der Waals surface area contributed by atoms with E-state index in [0.29, 0.717) is 6.29 Å². The summed E-state index contributed by atoms with van der Waals surface area (Å²) >= 11 is 0. The van der Waals surface area contributed by atoms with E-state index in [1.54, 1.807) is 5.92 Å². The van der Waals surface area contributed by atoms with Gasteiger partial charge in [-0.05, 0) is 18.8 Å². The van der Waals surface area contributed by atoms with E-state index >= 15 is 0 Å². The zero-order chi connectivity index (χ0) is 9.98. The Bertz CT molecular complexity index is 163. The van der Waals surface area contributed by atoms with Gasteiger partial charge in [-0.1, -0.05) is 13.8 Å². The largest absolute Gasteiger partial charge is 0.481 e. The van der Waals surface area contributed by atoms with Crippen molar-refractivity contribution in [2.75, 3.05) is 0 Å². The van der Waals surface area contributed by atoms with Gasteiger partial charge < -0.3 is 5.11 Å².